The lowest BCUT2D eigenvalue weighted by Crippen LogP contribution is -2.22. The number of benzene rings is 2. The second-order valence-corrected chi connectivity index (χ2v) is 7.62. The molecule has 1 fully saturated rings. The van der Waals surface area contributed by atoms with Gasteiger partial charge in [0.2, 0.25) is 0 Å². The van der Waals surface area contributed by atoms with Crippen molar-refractivity contribution in [2.24, 2.45) is 0 Å². The summed E-state index contributed by atoms with van der Waals surface area (Å²) in [5.41, 5.74) is -0.825. The molecule has 4 rings (SSSR count). The first-order valence-corrected chi connectivity index (χ1v) is 10.2. The molecule has 1 aromatic heterocycles. The number of carbonyl (C=O) groups is 1. The zero-order chi connectivity index (χ0) is 22.7. The number of alkyl halides is 3. The number of rotatable bonds is 6. The predicted octanol–water partition coefficient (Wildman–Crippen LogP) is 4.32. The van der Waals surface area contributed by atoms with Gasteiger partial charge < -0.3 is 10.2 Å². The quantitative estimate of drug-likeness (QED) is 0.572. The Morgan fingerprint density at radius 1 is 1.00 bits per heavy atom. The molecule has 0 radical (unpaired) electrons. The minimum absolute atomic E-state index is 0.0624. The Morgan fingerprint density at radius 2 is 1.66 bits per heavy atom. The van der Waals surface area contributed by atoms with Gasteiger partial charge in [-0.1, -0.05) is 17.3 Å². The van der Waals surface area contributed by atoms with Crippen LogP contribution in [0.3, 0.4) is 0 Å². The van der Waals surface area contributed by atoms with Gasteiger partial charge in [0, 0.05) is 12.2 Å². The molecular formula is C22H21F4N5O. The molecule has 1 aliphatic rings. The third kappa shape index (κ3) is 4.96. The van der Waals surface area contributed by atoms with Crippen LogP contribution in [-0.2, 0) is 12.6 Å². The molecule has 1 aliphatic heterocycles. The van der Waals surface area contributed by atoms with E-state index < -0.39 is 29.3 Å². The summed E-state index contributed by atoms with van der Waals surface area (Å²) >= 11 is 0. The first-order chi connectivity index (χ1) is 15.3. The van der Waals surface area contributed by atoms with Crippen molar-refractivity contribution >= 4 is 11.6 Å². The molecule has 0 atom stereocenters. The zero-order valence-corrected chi connectivity index (χ0v) is 17.1. The lowest BCUT2D eigenvalue weighted by atomic mass is 10.1. The minimum atomic E-state index is -4.90. The second-order valence-electron chi connectivity index (χ2n) is 7.62. The first-order valence-electron chi connectivity index (χ1n) is 10.2. The van der Waals surface area contributed by atoms with Crippen LogP contribution in [0.15, 0.2) is 48.5 Å². The summed E-state index contributed by atoms with van der Waals surface area (Å²) in [7, 11) is 0. The second kappa shape index (κ2) is 9.07. The molecular weight excluding hydrogens is 426 g/mol. The summed E-state index contributed by atoms with van der Waals surface area (Å²) in [6.45, 7) is 3.16. The third-order valence-corrected chi connectivity index (χ3v) is 5.35. The maximum Gasteiger partial charge on any atom is 0.435 e. The number of aromatic nitrogens is 3. The van der Waals surface area contributed by atoms with Crippen LogP contribution in [0.5, 0.6) is 0 Å². The van der Waals surface area contributed by atoms with E-state index in [4.69, 9.17) is 0 Å². The van der Waals surface area contributed by atoms with E-state index in [9.17, 15) is 22.4 Å². The Morgan fingerprint density at radius 3 is 2.28 bits per heavy atom. The normalized spacial score (nSPS) is 14.6. The highest BCUT2D eigenvalue weighted by Crippen LogP contribution is 2.33. The van der Waals surface area contributed by atoms with Gasteiger partial charge in [-0.05, 0) is 74.3 Å². The van der Waals surface area contributed by atoms with Crippen LogP contribution in [0.4, 0.5) is 23.2 Å². The van der Waals surface area contributed by atoms with Gasteiger partial charge in [-0.15, -0.1) is 5.10 Å². The molecule has 0 unspecified atom stereocenters. The smallest absolute Gasteiger partial charge is 0.321 e. The van der Waals surface area contributed by atoms with Crippen LogP contribution in [0.1, 0.15) is 34.6 Å². The molecule has 2 heterocycles. The van der Waals surface area contributed by atoms with E-state index in [0.29, 0.717) is 10.4 Å². The van der Waals surface area contributed by atoms with E-state index in [2.05, 4.69) is 20.5 Å². The van der Waals surface area contributed by atoms with E-state index in [1.807, 2.05) is 12.1 Å². The summed E-state index contributed by atoms with van der Waals surface area (Å²) in [5, 5.41) is 9.37. The highest BCUT2D eigenvalue weighted by molar-refractivity contribution is 6.03. The molecule has 0 saturated carbocycles. The largest absolute Gasteiger partial charge is 0.435 e. The zero-order valence-electron chi connectivity index (χ0n) is 17.1. The monoisotopic (exact) mass is 447 g/mol. The molecule has 1 amide bonds. The molecule has 0 aliphatic carbocycles. The summed E-state index contributed by atoms with van der Waals surface area (Å²) in [5.74, 6) is -1.64. The Labute approximate surface area is 181 Å². The van der Waals surface area contributed by atoms with E-state index >= 15 is 0 Å². The highest BCUT2D eigenvalue weighted by atomic mass is 19.4. The minimum Gasteiger partial charge on any atom is -0.321 e. The Hall–Kier alpha value is -3.27. The maximum absolute atomic E-state index is 13.7. The molecule has 0 bridgehead atoms. The van der Waals surface area contributed by atoms with Crippen LogP contribution in [0.25, 0.3) is 5.69 Å². The topological polar surface area (TPSA) is 63.1 Å². The van der Waals surface area contributed by atoms with Crippen molar-refractivity contribution in [1.29, 1.82) is 0 Å². The van der Waals surface area contributed by atoms with Gasteiger partial charge in [-0.2, -0.15) is 13.2 Å². The lowest BCUT2D eigenvalue weighted by molar-refractivity contribution is -0.143. The standard InChI is InChI=1S/C22H21F4N5O/c23-16-5-9-18(10-6-16)31-20(22(24,25)26)19(28-29-31)21(32)27-17-7-3-15(4-8-17)11-14-30-12-1-2-13-30/h3-10H,1-2,11-14H2,(H,27,32). The molecule has 1 saturated heterocycles. The first kappa shape index (κ1) is 21.9. The molecule has 3 aromatic rings. The fourth-order valence-corrected chi connectivity index (χ4v) is 3.69. The Bertz CT molecular complexity index is 1070. The van der Waals surface area contributed by atoms with Crippen LogP contribution >= 0.6 is 0 Å². The van der Waals surface area contributed by atoms with Crippen molar-refractivity contribution in [3.8, 4) is 5.69 Å². The van der Waals surface area contributed by atoms with Crippen molar-refractivity contribution in [2.75, 3.05) is 25.0 Å². The van der Waals surface area contributed by atoms with Gasteiger partial charge in [0.1, 0.15) is 5.82 Å². The van der Waals surface area contributed by atoms with Gasteiger partial charge >= 0.3 is 6.18 Å². The number of hydrogen-bond acceptors (Lipinski definition) is 4. The lowest BCUT2D eigenvalue weighted by Gasteiger charge is -2.14. The van der Waals surface area contributed by atoms with E-state index in [1.54, 1.807) is 12.1 Å². The number of nitrogens with zero attached hydrogens (tertiary/aromatic N) is 4. The average Bonchev–Trinajstić information content (AvgIpc) is 3.44. The van der Waals surface area contributed by atoms with E-state index in [-0.39, 0.29) is 5.69 Å². The summed E-state index contributed by atoms with van der Waals surface area (Å²) in [4.78, 5) is 15.0. The average molecular weight is 447 g/mol. The van der Waals surface area contributed by atoms with Crippen LogP contribution in [0.2, 0.25) is 0 Å². The molecule has 32 heavy (non-hydrogen) atoms. The Kier molecular flexibility index (Phi) is 6.22. The summed E-state index contributed by atoms with van der Waals surface area (Å²) in [6, 6.07) is 11.2. The fourth-order valence-electron chi connectivity index (χ4n) is 3.69. The number of carbonyl (C=O) groups excluding carboxylic acids is 1. The number of nitrogens with one attached hydrogen (secondary N) is 1. The summed E-state index contributed by atoms with van der Waals surface area (Å²) < 4.78 is 54.8. The predicted molar refractivity (Wildman–Crippen MR) is 110 cm³/mol. The van der Waals surface area contributed by atoms with E-state index in [0.717, 1.165) is 55.9 Å². The molecule has 0 spiro atoms. The van der Waals surface area contributed by atoms with Gasteiger partial charge in [0.15, 0.2) is 11.4 Å². The Balaban J connectivity index is 1.50. The summed E-state index contributed by atoms with van der Waals surface area (Å²) in [6.07, 6.45) is -1.60. The molecule has 168 valence electrons. The fraction of sp³-hybridized carbons (Fsp3) is 0.318. The third-order valence-electron chi connectivity index (χ3n) is 5.35. The molecule has 10 heteroatoms. The van der Waals surface area contributed by atoms with Gasteiger partial charge in [0.05, 0.1) is 5.69 Å². The maximum atomic E-state index is 13.7. The van der Waals surface area contributed by atoms with Crippen molar-refractivity contribution in [3.63, 3.8) is 0 Å². The van der Waals surface area contributed by atoms with Crippen molar-refractivity contribution < 1.29 is 22.4 Å². The number of anilines is 1. The number of amides is 1. The van der Waals surface area contributed by atoms with Crippen molar-refractivity contribution in [1.82, 2.24) is 19.9 Å². The number of hydrogen-bond donors (Lipinski definition) is 1. The SMILES string of the molecule is O=C(Nc1ccc(CCN2CCCC2)cc1)c1nnn(-c2ccc(F)cc2)c1C(F)(F)F. The van der Waals surface area contributed by atoms with Gasteiger partial charge in [-0.25, -0.2) is 9.07 Å². The van der Waals surface area contributed by atoms with E-state index in [1.165, 1.54) is 12.8 Å². The molecule has 2 aromatic carbocycles. The van der Waals surface area contributed by atoms with Crippen molar-refractivity contribution in [2.45, 2.75) is 25.4 Å². The molecule has 1 N–H and O–H groups in total. The van der Waals surface area contributed by atoms with Crippen LogP contribution in [-0.4, -0.2) is 45.4 Å². The molecule has 6 nitrogen and oxygen atoms in total. The van der Waals surface area contributed by atoms with Crippen LogP contribution < -0.4 is 5.32 Å². The van der Waals surface area contributed by atoms with Gasteiger partial charge in [0.25, 0.3) is 5.91 Å². The van der Waals surface area contributed by atoms with Gasteiger partial charge in [-0.3, -0.25) is 4.79 Å². The number of likely N-dealkylation sites (tertiary alicyclic amines) is 1. The number of halogens is 4. The van der Waals surface area contributed by atoms with Crippen LogP contribution in [0, 0.1) is 5.82 Å². The highest BCUT2D eigenvalue weighted by Gasteiger charge is 2.42. The van der Waals surface area contributed by atoms with Crippen molar-refractivity contribution in [3.05, 3.63) is 71.3 Å².